The fraction of sp³-hybridized carbons (Fsp3) is 0.538. The average Bonchev–Trinajstić information content (AvgIpc) is 2.82. The quantitative estimate of drug-likeness (QED) is 0.778. The van der Waals surface area contributed by atoms with Crippen LogP contribution in [0.15, 0.2) is 12.1 Å². The summed E-state index contributed by atoms with van der Waals surface area (Å²) in [6.07, 6.45) is 6.55. The minimum atomic E-state index is 0.577. The molecule has 1 N–H and O–H groups in total. The Balaban J connectivity index is 1.85. The molecule has 2 aliphatic rings. The van der Waals surface area contributed by atoms with Crippen molar-refractivity contribution in [1.29, 1.82) is 0 Å². The number of nitrogens with one attached hydrogen (secondary N) is 1. The zero-order chi connectivity index (χ0) is 11.1. The number of fused-ring (bicyclic) bond motifs is 1. The van der Waals surface area contributed by atoms with Gasteiger partial charge in [0.05, 0.1) is 0 Å². The molecule has 0 aromatic heterocycles. The molecule has 0 bridgehead atoms. The Morgan fingerprint density at radius 3 is 2.62 bits per heavy atom. The first-order valence-electron chi connectivity index (χ1n) is 5.98. The highest BCUT2D eigenvalue weighted by Gasteiger charge is 2.31. The average molecular weight is 256 g/mol. The molecule has 3 heteroatoms. The van der Waals surface area contributed by atoms with E-state index in [-0.39, 0.29) is 0 Å². The largest absolute Gasteiger partial charge is 0.381 e. The highest BCUT2D eigenvalue weighted by Crippen LogP contribution is 2.40. The van der Waals surface area contributed by atoms with Crippen molar-refractivity contribution in [3.05, 3.63) is 27.7 Å². The Kier molecular flexibility index (Phi) is 2.76. The van der Waals surface area contributed by atoms with E-state index in [9.17, 15) is 0 Å². The van der Waals surface area contributed by atoms with E-state index in [4.69, 9.17) is 23.2 Å². The van der Waals surface area contributed by atoms with E-state index < -0.39 is 0 Å². The lowest BCUT2D eigenvalue weighted by Crippen LogP contribution is -2.24. The van der Waals surface area contributed by atoms with Crippen molar-refractivity contribution in [3.8, 4) is 0 Å². The zero-order valence-electron chi connectivity index (χ0n) is 9.10. The number of benzene rings is 1. The van der Waals surface area contributed by atoms with Crippen LogP contribution in [-0.2, 0) is 6.42 Å². The summed E-state index contributed by atoms with van der Waals surface area (Å²) in [4.78, 5) is 0. The Morgan fingerprint density at radius 2 is 1.88 bits per heavy atom. The number of rotatable bonds is 1. The molecule has 1 aromatic rings. The zero-order valence-corrected chi connectivity index (χ0v) is 10.6. The van der Waals surface area contributed by atoms with E-state index in [1.165, 1.54) is 31.2 Å². The fourth-order valence-electron chi connectivity index (χ4n) is 3.05. The molecule has 3 rings (SSSR count). The van der Waals surface area contributed by atoms with Gasteiger partial charge >= 0.3 is 0 Å². The van der Waals surface area contributed by atoms with Crippen LogP contribution in [0.1, 0.15) is 31.2 Å². The molecule has 0 spiro atoms. The number of hydrogen-bond donors (Lipinski definition) is 1. The van der Waals surface area contributed by atoms with Gasteiger partial charge in [-0.25, -0.2) is 0 Å². The summed E-state index contributed by atoms with van der Waals surface area (Å²) in [6, 6.07) is 4.42. The summed E-state index contributed by atoms with van der Waals surface area (Å²) in [5.74, 6) is 0.822. The first-order chi connectivity index (χ1) is 7.74. The van der Waals surface area contributed by atoms with Crippen LogP contribution < -0.4 is 5.32 Å². The Labute approximate surface area is 106 Å². The summed E-state index contributed by atoms with van der Waals surface area (Å²) < 4.78 is 0. The van der Waals surface area contributed by atoms with E-state index in [1.807, 2.05) is 12.1 Å². The minimum Gasteiger partial charge on any atom is -0.381 e. The third kappa shape index (κ3) is 1.80. The van der Waals surface area contributed by atoms with Gasteiger partial charge in [-0.2, -0.15) is 0 Å². The van der Waals surface area contributed by atoms with Gasteiger partial charge in [0.2, 0.25) is 0 Å². The fourth-order valence-corrected chi connectivity index (χ4v) is 3.63. The molecule has 86 valence electrons. The van der Waals surface area contributed by atoms with Crippen molar-refractivity contribution in [2.75, 3.05) is 5.32 Å². The molecule has 1 unspecified atom stereocenters. The second-order valence-corrected chi connectivity index (χ2v) is 5.76. The van der Waals surface area contributed by atoms with Crippen molar-refractivity contribution >= 4 is 28.9 Å². The first kappa shape index (κ1) is 10.7. The van der Waals surface area contributed by atoms with E-state index >= 15 is 0 Å². The minimum absolute atomic E-state index is 0.577. The molecule has 1 nitrogen and oxygen atoms in total. The third-order valence-corrected chi connectivity index (χ3v) is 4.45. The molecule has 1 atom stereocenters. The van der Waals surface area contributed by atoms with Crippen LogP contribution in [0.5, 0.6) is 0 Å². The van der Waals surface area contributed by atoms with Gasteiger partial charge in [0, 0.05) is 21.8 Å². The monoisotopic (exact) mass is 255 g/mol. The second kappa shape index (κ2) is 4.12. The molecule has 1 fully saturated rings. The Morgan fingerprint density at radius 1 is 1.12 bits per heavy atom. The maximum atomic E-state index is 6.22. The van der Waals surface area contributed by atoms with Gasteiger partial charge in [0.15, 0.2) is 0 Å². The van der Waals surface area contributed by atoms with Gasteiger partial charge in [0.1, 0.15) is 0 Å². The van der Waals surface area contributed by atoms with Crippen molar-refractivity contribution in [1.82, 2.24) is 0 Å². The standard InChI is InChI=1S/C13H15Cl2N/c14-9-5-11(15)10-7-12(16-13(10)6-9)8-3-1-2-4-8/h5-6,8,12,16H,1-4,7H2. The molecule has 16 heavy (non-hydrogen) atoms. The topological polar surface area (TPSA) is 12.0 Å². The summed E-state index contributed by atoms with van der Waals surface area (Å²) in [6.45, 7) is 0. The Hall–Kier alpha value is -0.400. The van der Waals surface area contributed by atoms with Gasteiger partial charge in [-0.05, 0) is 42.9 Å². The molecule has 1 aromatic carbocycles. The molecule has 1 aliphatic carbocycles. The lowest BCUT2D eigenvalue weighted by Gasteiger charge is -2.18. The van der Waals surface area contributed by atoms with Crippen LogP contribution in [0.25, 0.3) is 0 Å². The molecule has 1 aliphatic heterocycles. The summed E-state index contributed by atoms with van der Waals surface area (Å²) in [7, 11) is 0. The molecule has 0 amide bonds. The highest BCUT2D eigenvalue weighted by atomic mass is 35.5. The molecule has 0 saturated heterocycles. The molecule has 1 heterocycles. The van der Waals surface area contributed by atoms with Crippen LogP contribution in [0.3, 0.4) is 0 Å². The predicted molar refractivity (Wildman–Crippen MR) is 69.5 cm³/mol. The van der Waals surface area contributed by atoms with Crippen molar-refractivity contribution < 1.29 is 0 Å². The van der Waals surface area contributed by atoms with Crippen LogP contribution in [0.4, 0.5) is 5.69 Å². The molecule has 0 radical (unpaired) electrons. The highest BCUT2D eigenvalue weighted by molar-refractivity contribution is 6.35. The van der Waals surface area contributed by atoms with Crippen LogP contribution >= 0.6 is 23.2 Å². The van der Waals surface area contributed by atoms with Gasteiger partial charge < -0.3 is 5.32 Å². The van der Waals surface area contributed by atoms with Gasteiger partial charge in [-0.15, -0.1) is 0 Å². The maximum Gasteiger partial charge on any atom is 0.0474 e. The molecular formula is C13H15Cl2N. The number of anilines is 1. The van der Waals surface area contributed by atoms with E-state index in [1.54, 1.807) is 0 Å². The smallest absolute Gasteiger partial charge is 0.0474 e. The SMILES string of the molecule is Clc1cc(Cl)c2c(c1)NC(C1CCCC1)C2. The van der Waals surface area contributed by atoms with E-state index in [0.717, 1.165) is 28.1 Å². The first-order valence-corrected chi connectivity index (χ1v) is 6.74. The summed E-state index contributed by atoms with van der Waals surface area (Å²) >= 11 is 12.2. The van der Waals surface area contributed by atoms with Crippen LogP contribution in [0, 0.1) is 5.92 Å². The lowest BCUT2D eigenvalue weighted by molar-refractivity contribution is 0.466. The Bertz CT molecular complexity index is 411. The molecular weight excluding hydrogens is 241 g/mol. The van der Waals surface area contributed by atoms with Crippen molar-refractivity contribution in [2.45, 2.75) is 38.1 Å². The lowest BCUT2D eigenvalue weighted by atomic mass is 9.95. The normalized spacial score (nSPS) is 24.5. The van der Waals surface area contributed by atoms with Gasteiger partial charge in [-0.3, -0.25) is 0 Å². The van der Waals surface area contributed by atoms with E-state index in [2.05, 4.69) is 5.32 Å². The number of hydrogen-bond acceptors (Lipinski definition) is 1. The second-order valence-electron chi connectivity index (χ2n) is 4.91. The third-order valence-electron chi connectivity index (χ3n) is 3.89. The summed E-state index contributed by atoms with van der Waals surface area (Å²) in [5.41, 5.74) is 2.40. The van der Waals surface area contributed by atoms with Gasteiger partial charge in [-0.1, -0.05) is 36.0 Å². The van der Waals surface area contributed by atoms with Crippen LogP contribution in [0.2, 0.25) is 10.0 Å². The molecule has 1 saturated carbocycles. The van der Waals surface area contributed by atoms with Gasteiger partial charge in [0.25, 0.3) is 0 Å². The van der Waals surface area contributed by atoms with Crippen molar-refractivity contribution in [3.63, 3.8) is 0 Å². The maximum absolute atomic E-state index is 6.22. The van der Waals surface area contributed by atoms with E-state index in [0.29, 0.717) is 6.04 Å². The van der Waals surface area contributed by atoms with Crippen LogP contribution in [-0.4, -0.2) is 6.04 Å². The predicted octanol–water partition coefficient (Wildman–Crippen LogP) is 4.52. The number of halogens is 2. The van der Waals surface area contributed by atoms with Crippen molar-refractivity contribution in [2.24, 2.45) is 5.92 Å². The summed E-state index contributed by atoms with van der Waals surface area (Å²) in [5, 5.41) is 5.13.